The SMILES string of the molecule is C=C(O)[C@H](C)NC(=O)C(F)(F)C(=O)[C@H](CCC)NC(=O)[C@@H]1[C@H]2CCC[C@H]2CN1C(=O)[C@@H](NC(=O)[C@@H](NC(=O)c1cnccn1)C1CCCCC1)C(C)C. The zero-order chi connectivity index (χ0) is 39.0. The number of alkyl halides is 2. The van der Waals surface area contributed by atoms with E-state index in [4.69, 9.17) is 0 Å². The van der Waals surface area contributed by atoms with Gasteiger partial charge in [0.1, 0.15) is 29.6 Å². The van der Waals surface area contributed by atoms with Crippen LogP contribution in [0.15, 0.2) is 30.9 Å². The number of fused-ring (bicyclic) bond motifs is 1. The highest BCUT2D eigenvalue weighted by Crippen LogP contribution is 2.43. The fraction of sp³-hybridized carbons (Fsp3) is 0.676. The first kappa shape index (κ1) is 41.3. The van der Waals surface area contributed by atoms with Gasteiger partial charge in [-0.05, 0) is 62.7 Å². The van der Waals surface area contributed by atoms with Gasteiger partial charge in [-0.1, -0.05) is 59.5 Å². The van der Waals surface area contributed by atoms with Crippen molar-refractivity contribution in [1.29, 1.82) is 0 Å². The molecule has 4 rings (SSSR count). The van der Waals surface area contributed by atoms with Gasteiger partial charge < -0.3 is 31.3 Å². The molecule has 53 heavy (non-hydrogen) atoms. The Morgan fingerprint density at radius 1 is 0.962 bits per heavy atom. The van der Waals surface area contributed by atoms with Crippen LogP contribution in [-0.2, 0) is 24.0 Å². The molecule has 0 bridgehead atoms. The normalized spacial score (nSPS) is 22.5. The lowest BCUT2D eigenvalue weighted by Gasteiger charge is -2.35. The maximum atomic E-state index is 15.2. The Balaban J connectivity index is 1.55. The largest absolute Gasteiger partial charge is 0.511 e. The quantitative estimate of drug-likeness (QED) is 0.125. The summed E-state index contributed by atoms with van der Waals surface area (Å²) in [5.41, 5.74) is 0.0407. The summed E-state index contributed by atoms with van der Waals surface area (Å²) in [5, 5.41) is 19.5. The van der Waals surface area contributed by atoms with E-state index < -0.39 is 83.1 Å². The molecule has 1 aromatic heterocycles. The van der Waals surface area contributed by atoms with E-state index >= 15 is 8.78 Å². The molecule has 3 aliphatic rings. The maximum absolute atomic E-state index is 15.2. The summed E-state index contributed by atoms with van der Waals surface area (Å²) in [6.45, 7) is 9.74. The first-order valence-electron chi connectivity index (χ1n) is 18.7. The number of Topliss-reactive ketones (excluding diaryl/α,β-unsaturated/α-hetero) is 1. The highest BCUT2D eigenvalue weighted by atomic mass is 19.3. The van der Waals surface area contributed by atoms with Gasteiger partial charge in [0.2, 0.25) is 23.5 Å². The van der Waals surface area contributed by atoms with Crippen LogP contribution in [0.2, 0.25) is 0 Å². The molecule has 0 spiro atoms. The lowest BCUT2D eigenvalue weighted by atomic mass is 9.83. The minimum atomic E-state index is -4.54. The summed E-state index contributed by atoms with van der Waals surface area (Å²) in [6.07, 6.45) is 10.4. The molecule has 7 atom stereocenters. The molecule has 5 amide bonds. The molecule has 1 aliphatic heterocycles. The Morgan fingerprint density at radius 3 is 2.26 bits per heavy atom. The summed E-state index contributed by atoms with van der Waals surface area (Å²) in [6, 6.07) is -6.16. The van der Waals surface area contributed by atoms with E-state index in [0.29, 0.717) is 19.3 Å². The average Bonchev–Trinajstić information content (AvgIpc) is 3.74. The third-order valence-corrected chi connectivity index (χ3v) is 10.8. The molecule has 5 N–H and O–H groups in total. The monoisotopic (exact) mass is 745 g/mol. The van der Waals surface area contributed by atoms with E-state index in [0.717, 1.165) is 32.1 Å². The van der Waals surface area contributed by atoms with Gasteiger partial charge >= 0.3 is 5.92 Å². The molecule has 2 heterocycles. The Bertz CT molecular complexity index is 1520. The van der Waals surface area contributed by atoms with Crippen molar-refractivity contribution < 1.29 is 42.7 Å². The maximum Gasteiger partial charge on any atom is 0.383 e. The molecular formula is C37H53F2N7O7. The van der Waals surface area contributed by atoms with Gasteiger partial charge in [0.05, 0.1) is 18.3 Å². The summed E-state index contributed by atoms with van der Waals surface area (Å²) < 4.78 is 30.4. The van der Waals surface area contributed by atoms with Gasteiger partial charge in [0.25, 0.3) is 11.8 Å². The van der Waals surface area contributed by atoms with E-state index in [1.165, 1.54) is 30.4 Å². The standard InChI is InChI=1S/C37H53F2N7O7/c1-6-11-26(31(48)37(38,39)36(53)42-21(4)22(5)47)43-34(51)30-25-15-10-14-24(25)19-46(30)35(52)28(20(2)3)44-33(50)29(23-12-8-7-9-13-23)45-32(49)27-18-40-16-17-41-27/h16-18,20-21,23-26,28-30,47H,5-15,19H2,1-4H3,(H,42,53)(H,43,51)(H,44,50)(H,45,49)/t21-,24-,25-,26-,28-,29-,30-/m0/s1. The highest BCUT2D eigenvalue weighted by molar-refractivity contribution is 6.11. The van der Waals surface area contributed by atoms with Gasteiger partial charge in [0.15, 0.2) is 0 Å². The van der Waals surface area contributed by atoms with Crippen molar-refractivity contribution in [2.24, 2.45) is 23.7 Å². The molecule has 0 aromatic carbocycles. The number of aromatic nitrogens is 2. The zero-order valence-corrected chi connectivity index (χ0v) is 30.9. The number of carbonyl (C=O) groups excluding carboxylic acids is 6. The number of likely N-dealkylation sites (tertiary alicyclic amines) is 1. The number of hydrogen-bond donors (Lipinski definition) is 5. The third kappa shape index (κ3) is 9.74. The van der Waals surface area contributed by atoms with Crippen molar-refractivity contribution in [1.82, 2.24) is 36.1 Å². The van der Waals surface area contributed by atoms with Crippen LogP contribution < -0.4 is 21.3 Å². The van der Waals surface area contributed by atoms with Crippen molar-refractivity contribution in [3.05, 3.63) is 36.6 Å². The van der Waals surface area contributed by atoms with Crippen LogP contribution in [0.1, 0.15) is 102 Å². The second-order valence-corrected chi connectivity index (χ2v) is 14.9. The minimum Gasteiger partial charge on any atom is -0.511 e. The first-order chi connectivity index (χ1) is 25.1. The minimum absolute atomic E-state index is 0.0407. The molecule has 1 saturated heterocycles. The fourth-order valence-corrected chi connectivity index (χ4v) is 7.82. The number of aliphatic hydroxyl groups is 1. The number of amides is 5. The topological polar surface area (TPSA) is 200 Å². The van der Waals surface area contributed by atoms with Crippen LogP contribution in [-0.4, -0.2) is 98.0 Å². The van der Waals surface area contributed by atoms with Crippen LogP contribution in [0.3, 0.4) is 0 Å². The summed E-state index contributed by atoms with van der Waals surface area (Å²) in [4.78, 5) is 90.5. The number of nitrogens with zero attached hydrogens (tertiary/aromatic N) is 3. The van der Waals surface area contributed by atoms with Crippen molar-refractivity contribution >= 4 is 35.3 Å². The number of halogens is 2. The second kappa shape index (κ2) is 18.0. The molecule has 0 unspecified atom stereocenters. The molecular weight excluding hydrogens is 692 g/mol. The van der Waals surface area contributed by atoms with Gasteiger partial charge in [-0.3, -0.25) is 33.8 Å². The van der Waals surface area contributed by atoms with Gasteiger partial charge in [-0.2, -0.15) is 8.78 Å². The molecule has 14 nitrogen and oxygen atoms in total. The summed E-state index contributed by atoms with van der Waals surface area (Å²) in [7, 11) is 0. The molecule has 1 aromatic rings. The van der Waals surface area contributed by atoms with E-state index in [-0.39, 0.29) is 42.8 Å². The van der Waals surface area contributed by atoms with Gasteiger partial charge in [-0.25, -0.2) is 4.98 Å². The molecule has 2 saturated carbocycles. The molecule has 3 fully saturated rings. The van der Waals surface area contributed by atoms with Crippen LogP contribution in [0, 0.1) is 23.7 Å². The Morgan fingerprint density at radius 2 is 1.66 bits per heavy atom. The Labute approximate surface area is 308 Å². The zero-order valence-electron chi connectivity index (χ0n) is 30.9. The van der Waals surface area contributed by atoms with E-state index in [1.807, 2.05) is 5.32 Å². The van der Waals surface area contributed by atoms with E-state index in [9.17, 15) is 33.9 Å². The van der Waals surface area contributed by atoms with E-state index in [2.05, 4.69) is 32.5 Å². The molecule has 292 valence electrons. The average molecular weight is 746 g/mol. The number of aliphatic hydroxyl groups excluding tert-OH is 1. The second-order valence-electron chi connectivity index (χ2n) is 14.9. The van der Waals surface area contributed by atoms with Crippen LogP contribution >= 0.6 is 0 Å². The van der Waals surface area contributed by atoms with Crippen LogP contribution in [0.25, 0.3) is 0 Å². The molecule has 16 heteroatoms. The number of rotatable bonds is 16. The van der Waals surface area contributed by atoms with Crippen molar-refractivity contribution in [2.45, 2.75) is 128 Å². The number of carbonyl (C=O) groups is 6. The number of ketones is 1. The number of hydrogen-bond acceptors (Lipinski definition) is 9. The fourth-order valence-electron chi connectivity index (χ4n) is 7.82. The lowest BCUT2D eigenvalue weighted by molar-refractivity contribution is -0.161. The van der Waals surface area contributed by atoms with E-state index in [1.54, 1.807) is 20.8 Å². The summed E-state index contributed by atoms with van der Waals surface area (Å²) >= 11 is 0. The Hall–Kier alpha value is -4.50. The van der Waals surface area contributed by atoms with Crippen molar-refractivity contribution in [2.75, 3.05) is 6.54 Å². The van der Waals surface area contributed by atoms with Gasteiger partial charge in [-0.15, -0.1) is 0 Å². The Kier molecular flexibility index (Phi) is 14.0. The predicted octanol–water partition coefficient (Wildman–Crippen LogP) is 2.99. The van der Waals surface area contributed by atoms with Crippen molar-refractivity contribution in [3.8, 4) is 0 Å². The molecule has 2 aliphatic carbocycles. The third-order valence-electron chi connectivity index (χ3n) is 10.8. The predicted molar refractivity (Wildman–Crippen MR) is 189 cm³/mol. The highest BCUT2D eigenvalue weighted by Gasteiger charge is 2.54. The lowest BCUT2D eigenvalue weighted by Crippen LogP contribution is -2.61. The number of nitrogens with one attached hydrogen (secondary N) is 4. The smallest absolute Gasteiger partial charge is 0.383 e. The van der Waals surface area contributed by atoms with Gasteiger partial charge in [0, 0.05) is 18.9 Å². The van der Waals surface area contributed by atoms with Crippen molar-refractivity contribution in [3.63, 3.8) is 0 Å². The summed E-state index contributed by atoms with van der Waals surface area (Å²) in [5.74, 6) is -12.3. The first-order valence-corrected chi connectivity index (χ1v) is 18.7. The van der Waals surface area contributed by atoms with Crippen LogP contribution in [0.4, 0.5) is 8.78 Å². The van der Waals surface area contributed by atoms with Crippen LogP contribution in [0.5, 0.6) is 0 Å². The molecule has 0 radical (unpaired) electrons.